The lowest BCUT2D eigenvalue weighted by Gasteiger charge is -2.00. The van der Waals surface area contributed by atoms with E-state index in [1.807, 2.05) is 24.3 Å². The topological polar surface area (TPSA) is 41.6 Å². The largest absolute Gasteiger partial charge is 0.340 e. The maximum Gasteiger partial charge on any atom is 0.177 e. The summed E-state index contributed by atoms with van der Waals surface area (Å²) in [7, 11) is 0. The van der Waals surface area contributed by atoms with Gasteiger partial charge in [-0.25, -0.2) is 9.97 Å². The van der Waals surface area contributed by atoms with E-state index < -0.39 is 0 Å². The van der Waals surface area contributed by atoms with Crippen LogP contribution in [0.5, 0.6) is 0 Å². The third-order valence-electron chi connectivity index (χ3n) is 2.66. The molecule has 3 nitrogen and oxygen atoms in total. The van der Waals surface area contributed by atoms with Crippen LogP contribution >= 0.6 is 23.2 Å². The molecular formula is C13H9Cl2N3. The molecule has 1 aromatic carbocycles. The normalized spacial score (nSPS) is 11.0. The monoisotopic (exact) mass is 277 g/mol. The van der Waals surface area contributed by atoms with Crippen molar-refractivity contribution in [2.24, 2.45) is 0 Å². The molecule has 0 saturated heterocycles. The van der Waals surface area contributed by atoms with E-state index in [4.69, 9.17) is 23.2 Å². The van der Waals surface area contributed by atoms with Gasteiger partial charge in [0.15, 0.2) is 5.65 Å². The zero-order valence-corrected chi connectivity index (χ0v) is 10.8. The van der Waals surface area contributed by atoms with E-state index in [0.29, 0.717) is 16.5 Å². The Hall–Kier alpha value is -1.58. The molecule has 0 saturated carbocycles. The van der Waals surface area contributed by atoms with Gasteiger partial charge in [-0.15, -0.1) is 0 Å². The summed E-state index contributed by atoms with van der Waals surface area (Å²) in [4.78, 5) is 11.8. The highest BCUT2D eigenvalue weighted by Gasteiger charge is 2.05. The summed E-state index contributed by atoms with van der Waals surface area (Å²) < 4.78 is 0. The number of pyridine rings is 1. The van der Waals surface area contributed by atoms with Gasteiger partial charge in [-0.3, -0.25) is 0 Å². The van der Waals surface area contributed by atoms with Crippen molar-refractivity contribution in [2.45, 2.75) is 6.42 Å². The van der Waals surface area contributed by atoms with Gasteiger partial charge in [-0.2, -0.15) is 0 Å². The number of benzene rings is 1. The minimum absolute atomic E-state index is 0.559. The van der Waals surface area contributed by atoms with Gasteiger partial charge in [0.2, 0.25) is 0 Å². The number of fused-ring (bicyclic) bond motifs is 1. The highest BCUT2D eigenvalue weighted by molar-refractivity contribution is 6.42. The molecule has 0 bridgehead atoms. The van der Waals surface area contributed by atoms with Crippen LogP contribution in [-0.2, 0) is 6.42 Å². The molecule has 0 fully saturated rings. The molecule has 0 radical (unpaired) electrons. The van der Waals surface area contributed by atoms with Crippen LogP contribution in [0.3, 0.4) is 0 Å². The van der Waals surface area contributed by atoms with Crippen molar-refractivity contribution < 1.29 is 0 Å². The zero-order chi connectivity index (χ0) is 12.5. The fourth-order valence-electron chi connectivity index (χ4n) is 1.82. The molecular weight excluding hydrogens is 269 g/mol. The van der Waals surface area contributed by atoms with Crippen LogP contribution in [0.15, 0.2) is 36.5 Å². The van der Waals surface area contributed by atoms with Gasteiger partial charge in [-0.05, 0) is 29.8 Å². The Morgan fingerprint density at radius 2 is 2.00 bits per heavy atom. The van der Waals surface area contributed by atoms with Gasteiger partial charge in [-0.1, -0.05) is 29.3 Å². The molecule has 3 aromatic rings. The number of nitrogens with zero attached hydrogens (tertiary/aromatic N) is 2. The number of imidazole rings is 1. The number of H-pyrrole nitrogens is 1. The molecule has 2 aromatic heterocycles. The molecule has 0 atom stereocenters. The van der Waals surface area contributed by atoms with E-state index in [9.17, 15) is 0 Å². The first-order valence-electron chi connectivity index (χ1n) is 5.46. The second-order valence-corrected chi connectivity index (χ2v) is 4.80. The van der Waals surface area contributed by atoms with Crippen molar-refractivity contribution in [2.75, 3.05) is 0 Å². The Labute approximate surface area is 114 Å². The standard InChI is InChI=1S/C13H9Cl2N3/c14-9-4-3-8(6-10(9)15)7-12-17-11-2-1-5-16-13(11)18-12/h1-6H,7H2,(H,16,17,18). The van der Waals surface area contributed by atoms with Crippen molar-refractivity contribution >= 4 is 34.4 Å². The molecule has 3 rings (SSSR count). The molecule has 0 aliphatic carbocycles. The Morgan fingerprint density at radius 3 is 2.78 bits per heavy atom. The van der Waals surface area contributed by atoms with E-state index in [0.717, 1.165) is 22.6 Å². The number of aromatic amines is 1. The number of rotatable bonds is 2. The quantitative estimate of drug-likeness (QED) is 0.773. The van der Waals surface area contributed by atoms with Crippen molar-refractivity contribution in [1.82, 2.24) is 15.0 Å². The van der Waals surface area contributed by atoms with Crippen molar-refractivity contribution in [1.29, 1.82) is 0 Å². The number of nitrogens with one attached hydrogen (secondary N) is 1. The zero-order valence-electron chi connectivity index (χ0n) is 9.32. The fraction of sp³-hybridized carbons (Fsp3) is 0.0769. The molecule has 0 spiro atoms. The Morgan fingerprint density at radius 1 is 1.11 bits per heavy atom. The Balaban J connectivity index is 1.93. The first-order valence-corrected chi connectivity index (χ1v) is 6.21. The van der Waals surface area contributed by atoms with E-state index in [-0.39, 0.29) is 0 Å². The molecule has 0 aliphatic heterocycles. The SMILES string of the molecule is Clc1ccc(Cc2nc3ncccc3[nH]2)cc1Cl. The van der Waals surface area contributed by atoms with E-state index in [1.54, 1.807) is 12.3 Å². The predicted octanol–water partition coefficient (Wildman–Crippen LogP) is 3.86. The van der Waals surface area contributed by atoms with Crippen LogP contribution in [-0.4, -0.2) is 15.0 Å². The molecule has 0 unspecified atom stereocenters. The Kier molecular flexibility index (Phi) is 2.94. The van der Waals surface area contributed by atoms with Crippen LogP contribution in [0.1, 0.15) is 11.4 Å². The predicted molar refractivity (Wildman–Crippen MR) is 73.2 cm³/mol. The molecule has 0 aliphatic rings. The highest BCUT2D eigenvalue weighted by Crippen LogP contribution is 2.23. The summed E-state index contributed by atoms with van der Waals surface area (Å²) >= 11 is 11.9. The first-order chi connectivity index (χ1) is 8.72. The summed E-state index contributed by atoms with van der Waals surface area (Å²) in [6.07, 6.45) is 2.40. The van der Waals surface area contributed by atoms with Crippen LogP contribution in [0, 0.1) is 0 Å². The summed E-state index contributed by atoms with van der Waals surface area (Å²) in [5.74, 6) is 0.863. The molecule has 1 N–H and O–H groups in total. The average Bonchev–Trinajstić information content (AvgIpc) is 2.76. The van der Waals surface area contributed by atoms with Gasteiger partial charge in [0.25, 0.3) is 0 Å². The first kappa shape index (κ1) is 11.5. The maximum atomic E-state index is 5.98. The third kappa shape index (κ3) is 2.19. The Bertz CT molecular complexity index is 673. The number of hydrogen-bond acceptors (Lipinski definition) is 2. The van der Waals surface area contributed by atoms with Gasteiger partial charge in [0.1, 0.15) is 5.82 Å². The van der Waals surface area contributed by atoms with Gasteiger partial charge in [0.05, 0.1) is 15.6 Å². The lowest BCUT2D eigenvalue weighted by Crippen LogP contribution is -1.90. The summed E-state index contributed by atoms with van der Waals surface area (Å²) in [5, 5.41) is 1.12. The van der Waals surface area contributed by atoms with Crippen LogP contribution in [0.25, 0.3) is 11.2 Å². The number of aromatic nitrogens is 3. The molecule has 0 amide bonds. The molecule has 90 valence electrons. The van der Waals surface area contributed by atoms with Crippen LogP contribution in [0.2, 0.25) is 10.0 Å². The average molecular weight is 278 g/mol. The summed E-state index contributed by atoms with van der Waals surface area (Å²) in [5.41, 5.74) is 2.73. The van der Waals surface area contributed by atoms with E-state index in [2.05, 4.69) is 15.0 Å². The van der Waals surface area contributed by atoms with Crippen molar-refractivity contribution in [3.05, 3.63) is 58.0 Å². The van der Waals surface area contributed by atoms with Gasteiger partial charge in [0, 0.05) is 12.6 Å². The second-order valence-electron chi connectivity index (χ2n) is 3.98. The maximum absolute atomic E-state index is 5.98. The number of halogens is 2. The lowest BCUT2D eigenvalue weighted by atomic mass is 10.1. The minimum Gasteiger partial charge on any atom is -0.340 e. The van der Waals surface area contributed by atoms with Crippen molar-refractivity contribution in [3.8, 4) is 0 Å². The highest BCUT2D eigenvalue weighted by atomic mass is 35.5. The van der Waals surface area contributed by atoms with Gasteiger partial charge >= 0.3 is 0 Å². The number of hydrogen-bond donors (Lipinski definition) is 1. The van der Waals surface area contributed by atoms with E-state index in [1.165, 1.54) is 0 Å². The summed E-state index contributed by atoms with van der Waals surface area (Å²) in [6, 6.07) is 9.41. The molecule has 18 heavy (non-hydrogen) atoms. The third-order valence-corrected chi connectivity index (χ3v) is 3.40. The molecule has 5 heteroatoms. The lowest BCUT2D eigenvalue weighted by molar-refractivity contribution is 1.03. The minimum atomic E-state index is 0.559. The van der Waals surface area contributed by atoms with Crippen LogP contribution < -0.4 is 0 Å². The van der Waals surface area contributed by atoms with E-state index >= 15 is 0 Å². The smallest absolute Gasteiger partial charge is 0.177 e. The molecule has 2 heterocycles. The van der Waals surface area contributed by atoms with Crippen LogP contribution in [0.4, 0.5) is 0 Å². The fourth-order valence-corrected chi connectivity index (χ4v) is 2.14. The second kappa shape index (κ2) is 4.59. The van der Waals surface area contributed by atoms with Crippen molar-refractivity contribution in [3.63, 3.8) is 0 Å². The summed E-state index contributed by atoms with van der Waals surface area (Å²) in [6.45, 7) is 0. The van der Waals surface area contributed by atoms with Gasteiger partial charge < -0.3 is 4.98 Å².